The smallest absolute Gasteiger partial charge is 0.337 e. The van der Waals surface area contributed by atoms with E-state index in [1.165, 1.54) is 12.3 Å². The van der Waals surface area contributed by atoms with Gasteiger partial charge in [-0.1, -0.05) is 39.7 Å². The van der Waals surface area contributed by atoms with Gasteiger partial charge in [0.2, 0.25) is 0 Å². The molecule has 0 saturated heterocycles. The van der Waals surface area contributed by atoms with Crippen LogP contribution in [0.1, 0.15) is 28.9 Å². The number of halogens is 2. The Morgan fingerprint density at radius 1 is 1.45 bits per heavy atom. The van der Waals surface area contributed by atoms with Crippen LogP contribution in [-0.4, -0.2) is 16.1 Å². The second-order valence-corrected chi connectivity index (χ2v) is 5.60. The topological polar surface area (TPSA) is 62.2 Å². The van der Waals surface area contributed by atoms with Crippen LogP contribution in [0.25, 0.3) is 0 Å². The molecule has 0 saturated carbocycles. The third-order valence-electron chi connectivity index (χ3n) is 2.79. The third kappa shape index (κ3) is 3.49. The summed E-state index contributed by atoms with van der Waals surface area (Å²) in [5.74, 6) is -0.588. The zero-order valence-electron chi connectivity index (χ0n) is 10.6. The number of hydrogen-bond donors (Lipinski definition) is 2. The first kappa shape index (κ1) is 14.8. The molecule has 1 atom stereocenters. The van der Waals surface area contributed by atoms with Gasteiger partial charge in [0, 0.05) is 10.7 Å². The molecule has 0 aliphatic rings. The van der Waals surface area contributed by atoms with E-state index >= 15 is 0 Å². The molecule has 0 aliphatic carbocycles. The molecule has 1 aromatic heterocycles. The van der Waals surface area contributed by atoms with Crippen LogP contribution >= 0.6 is 27.5 Å². The van der Waals surface area contributed by atoms with Gasteiger partial charge in [-0.05, 0) is 30.7 Å². The van der Waals surface area contributed by atoms with Crippen LogP contribution in [0.5, 0.6) is 0 Å². The van der Waals surface area contributed by atoms with Crippen LogP contribution in [0.15, 0.2) is 41.0 Å². The van der Waals surface area contributed by atoms with Crippen molar-refractivity contribution in [2.24, 2.45) is 0 Å². The zero-order chi connectivity index (χ0) is 14.7. The lowest BCUT2D eigenvalue weighted by Gasteiger charge is -2.16. The highest BCUT2D eigenvalue weighted by atomic mass is 79.9. The highest BCUT2D eigenvalue weighted by molar-refractivity contribution is 9.10. The lowest BCUT2D eigenvalue weighted by Crippen LogP contribution is -2.09. The van der Waals surface area contributed by atoms with Crippen molar-refractivity contribution in [2.75, 3.05) is 5.32 Å². The maximum atomic E-state index is 10.8. The molecule has 2 aromatic rings. The predicted octanol–water partition coefficient (Wildman–Crippen LogP) is 4.37. The van der Waals surface area contributed by atoms with E-state index in [-0.39, 0.29) is 16.6 Å². The Bertz CT molecular complexity index is 649. The van der Waals surface area contributed by atoms with Crippen molar-refractivity contribution < 1.29 is 9.90 Å². The van der Waals surface area contributed by atoms with Gasteiger partial charge in [-0.25, -0.2) is 9.78 Å². The Balaban J connectivity index is 2.19. The summed E-state index contributed by atoms with van der Waals surface area (Å²) < 4.78 is 0.990. The van der Waals surface area contributed by atoms with Gasteiger partial charge in [0.15, 0.2) is 0 Å². The Kier molecular flexibility index (Phi) is 4.62. The summed E-state index contributed by atoms with van der Waals surface area (Å²) in [6.45, 7) is 1.98. The molecule has 2 rings (SSSR count). The summed E-state index contributed by atoms with van der Waals surface area (Å²) in [7, 11) is 0. The van der Waals surface area contributed by atoms with Crippen molar-refractivity contribution in [1.82, 2.24) is 4.98 Å². The Morgan fingerprint density at radius 2 is 2.20 bits per heavy atom. The molecule has 0 bridgehead atoms. The van der Waals surface area contributed by atoms with Crippen LogP contribution in [0, 0.1) is 0 Å². The van der Waals surface area contributed by atoms with Gasteiger partial charge in [-0.3, -0.25) is 0 Å². The van der Waals surface area contributed by atoms with Crippen molar-refractivity contribution >= 4 is 39.3 Å². The first-order valence-electron chi connectivity index (χ1n) is 5.88. The SMILES string of the molecule is CC(Nc1ncc(C(=O)O)cc1Cl)c1cccc(Br)c1. The third-order valence-corrected chi connectivity index (χ3v) is 3.57. The number of nitrogens with zero attached hydrogens (tertiary/aromatic N) is 1. The van der Waals surface area contributed by atoms with Crippen molar-refractivity contribution in [3.63, 3.8) is 0 Å². The standard InChI is InChI=1S/C14H12BrClN2O2/c1-8(9-3-2-4-11(15)5-9)18-13-12(16)6-10(7-17-13)14(19)20/h2-8H,1H3,(H,17,18)(H,19,20). The molecule has 0 radical (unpaired) electrons. The van der Waals surface area contributed by atoms with Crippen LogP contribution in [0.4, 0.5) is 5.82 Å². The van der Waals surface area contributed by atoms with Gasteiger partial charge >= 0.3 is 5.97 Å². The Labute approximate surface area is 129 Å². The predicted molar refractivity (Wildman–Crippen MR) is 82.4 cm³/mol. The molecule has 104 valence electrons. The van der Waals surface area contributed by atoms with Gasteiger partial charge in [0.25, 0.3) is 0 Å². The molecule has 0 spiro atoms. The van der Waals surface area contributed by atoms with Gasteiger partial charge in [0.1, 0.15) is 5.82 Å². The number of rotatable bonds is 4. The Morgan fingerprint density at radius 3 is 2.80 bits per heavy atom. The number of anilines is 1. The molecule has 1 unspecified atom stereocenters. The highest BCUT2D eigenvalue weighted by Crippen LogP contribution is 2.26. The van der Waals surface area contributed by atoms with Crippen molar-refractivity contribution in [3.05, 3.63) is 57.2 Å². The molecular weight excluding hydrogens is 344 g/mol. The number of benzene rings is 1. The summed E-state index contributed by atoms with van der Waals surface area (Å²) in [4.78, 5) is 14.9. The van der Waals surface area contributed by atoms with Gasteiger partial charge in [-0.15, -0.1) is 0 Å². The number of aromatic nitrogens is 1. The van der Waals surface area contributed by atoms with Gasteiger partial charge in [-0.2, -0.15) is 0 Å². The van der Waals surface area contributed by atoms with E-state index in [1.807, 2.05) is 31.2 Å². The van der Waals surface area contributed by atoms with E-state index in [9.17, 15) is 4.79 Å². The van der Waals surface area contributed by atoms with E-state index in [0.717, 1.165) is 10.0 Å². The number of aromatic carboxylic acids is 1. The Hall–Kier alpha value is -1.59. The number of carboxylic acids is 1. The minimum absolute atomic E-state index is 0.00632. The molecule has 0 fully saturated rings. The number of nitrogens with one attached hydrogen (secondary N) is 1. The number of pyridine rings is 1. The van der Waals surface area contributed by atoms with E-state index in [2.05, 4.69) is 26.2 Å². The minimum atomic E-state index is -1.05. The first-order valence-corrected chi connectivity index (χ1v) is 7.05. The second kappa shape index (κ2) is 6.24. The zero-order valence-corrected chi connectivity index (χ0v) is 12.9. The van der Waals surface area contributed by atoms with Crippen molar-refractivity contribution in [3.8, 4) is 0 Å². The van der Waals surface area contributed by atoms with E-state index in [1.54, 1.807) is 0 Å². The maximum Gasteiger partial charge on any atom is 0.337 e. The lowest BCUT2D eigenvalue weighted by atomic mass is 10.1. The molecule has 4 nitrogen and oxygen atoms in total. The first-order chi connectivity index (χ1) is 9.47. The number of carbonyl (C=O) groups is 1. The average Bonchev–Trinajstić information content (AvgIpc) is 2.40. The van der Waals surface area contributed by atoms with Crippen molar-refractivity contribution in [2.45, 2.75) is 13.0 Å². The lowest BCUT2D eigenvalue weighted by molar-refractivity contribution is 0.0696. The van der Waals surface area contributed by atoms with Crippen molar-refractivity contribution in [1.29, 1.82) is 0 Å². The molecule has 6 heteroatoms. The largest absolute Gasteiger partial charge is 0.478 e. The van der Waals surface area contributed by atoms with Crippen LogP contribution in [0.3, 0.4) is 0 Å². The summed E-state index contributed by atoms with van der Waals surface area (Å²) in [6, 6.07) is 9.25. The summed E-state index contributed by atoms with van der Waals surface area (Å²) in [6.07, 6.45) is 1.28. The number of hydrogen-bond acceptors (Lipinski definition) is 3. The molecule has 1 aromatic carbocycles. The fraction of sp³-hybridized carbons (Fsp3) is 0.143. The van der Waals surface area contributed by atoms with E-state index < -0.39 is 5.97 Å². The normalized spacial score (nSPS) is 11.9. The van der Waals surface area contributed by atoms with Gasteiger partial charge < -0.3 is 10.4 Å². The average molecular weight is 356 g/mol. The van der Waals surface area contributed by atoms with Gasteiger partial charge in [0.05, 0.1) is 16.6 Å². The molecule has 20 heavy (non-hydrogen) atoms. The van der Waals surface area contributed by atoms with E-state index in [0.29, 0.717) is 5.82 Å². The van der Waals surface area contributed by atoms with Crippen LogP contribution in [0.2, 0.25) is 5.02 Å². The molecule has 2 N–H and O–H groups in total. The minimum Gasteiger partial charge on any atom is -0.478 e. The quantitative estimate of drug-likeness (QED) is 0.855. The molecule has 0 aliphatic heterocycles. The molecule has 0 amide bonds. The number of carboxylic acid groups (broad SMARTS) is 1. The fourth-order valence-corrected chi connectivity index (χ4v) is 2.36. The summed E-state index contributed by atoms with van der Waals surface area (Å²) >= 11 is 9.46. The summed E-state index contributed by atoms with van der Waals surface area (Å²) in [5.41, 5.74) is 1.13. The molecular formula is C14H12BrClN2O2. The second-order valence-electron chi connectivity index (χ2n) is 4.28. The highest BCUT2D eigenvalue weighted by Gasteiger charge is 2.12. The van der Waals surface area contributed by atoms with Crippen LogP contribution in [-0.2, 0) is 0 Å². The van der Waals surface area contributed by atoms with E-state index in [4.69, 9.17) is 16.7 Å². The monoisotopic (exact) mass is 354 g/mol. The molecule has 1 heterocycles. The fourth-order valence-electron chi connectivity index (χ4n) is 1.73. The maximum absolute atomic E-state index is 10.8. The van der Waals surface area contributed by atoms with Crippen LogP contribution < -0.4 is 5.32 Å². The summed E-state index contributed by atoms with van der Waals surface area (Å²) in [5, 5.41) is 12.3.